The smallest absolute Gasteiger partial charge is 0.201 e. The van der Waals surface area contributed by atoms with Crippen LogP contribution >= 0.6 is 0 Å². The fourth-order valence-electron chi connectivity index (χ4n) is 2.72. The number of thiol groups is 1. The van der Waals surface area contributed by atoms with Crippen molar-refractivity contribution in [1.29, 1.82) is 0 Å². The van der Waals surface area contributed by atoms with Gasteiger partial charge in [-0.05, 0) is 48.7 Å². The first-order chi connectivity index (χ1) is 13.0. The van der Waals surface area contributed by atoms with E-state index in [1.807, 2.05) is 0 Å². The van der Waals surface area contributed by atoms with E-state index >= 15 is 0 Å². The number of nitrogens with one attached hydrogen (secondary N) is 1. The van der Waals surface area contributed by atoms with E-state index in [1.54, 1.807) is 6.07 Å². The third-order valence-corrected chi connectivity index (χ3v) is 4.47. The predicted molar refractivity (Wildman–Crippen MR) is 96.0 cm³/mol. The Morgan fingerprint density at radius 2 is 1.96 bits per heavy atom. The average Bonchev–Trinajstić information content (AvgIpc) is 2.66. The molecule has 140 valence electrons. The molecule has 0 saturated carbocycles. The second-order valence-electron chi connectivity index (χ2n) is 5.82. The summed E-state index contributed by atoms with van der Waals surface area (Å²) in [6.07, 6.45) is 3.26. The average molecular weight is 391 g/mol. The maximum absolute atomic E-state index is 14.7. The molecule has 0 atom stereocenters. The van der Waals surface area contributed by atoms with Crippen LogP contribution in [0.1, 0.15) is 27.9 Å². The van der Waals surface area contributed by atoms with Crippen molar-refractivity contribution in [2.45, 2.75) is 12.8 Å². The van der Waals surface area contributed by atoms with Gasteiger partial charge in [-0.3, -0.25) is 4.79 Å². The monoisotopic (exact) mass is 391 g/mol. The van der Waals surface area contributed by atoms with Crippen LogP contribution in [0, 0.1) is 11.6 Å². The molecular weight excluding hydrogens is 376 g/mol. The van der Waals surface area contributed by atoms with E-state index in [2.05, 4.69) is 14.7 Å². The summed E-state index contributed by atoms with van der Waals surface area (Å²) in [6, 6.07) is 6.50. The van der Waals surface area contributed by atoms with E-state index in [-0.39, 0.29) is 36.1 Å². The van der Waals surface area contributed by atoms with Crippen LogP contribution in [-0.2, 0) is 17.3 Å². The fraction of sp³-hybridized carbons (Fsp3) is 0.167. The van der Waals surface area contributed by atoms with E-state index in [4.69, 9.17) is 0 Å². The quantitative estimate of drug-likeness (QED) is 0.366. The Kier molecular flexibility index (Phi) is 5.82. The molecule has 1 heterocycles. The maximum Gasteiger partial charge on any atom is 0.201 e. The molecule has 9 heteroatoms. The van der Waals surface area contributed by atoms with Gasteiger partial charge in [-0.15, -0.1) is 0 Å². The molecule has 0 fully saturated rings. The number of carbonyl (C=O) groups is 1. The summed E-state index contributed by atoms with van der Waals surface area (Å²) >= 11 is 0. The van der Waals surface area contributed by atoms with Gasteiger partial charge in [-0.2, -0.15) is 0 Å². The van der Waals surface area contributed by atoms with Crippen molar-refractivity contribution in [1.82, 2.24) is 14.7 Å². The van der Waals surface area contributed by atoms with Gasteiger partial charge in [0.05, 0.1) is 11.1 Å². The minimum absolute atomic E-state index is 0.0189. The first kappa shape index (κ1) is 19.0. The van der Waals surface area contributed by atoms with Crippen LogP contribution in [0.3, 0.4) is 0 Å². The molecule has 6 nitrogen and oxygen atoms in total. The molecule has 0 radical (unpaired) electrons. The van der Waals surface area contributed by atoms with Crippen LogP contribution in [0.5, 0.6) is 0 Å². The van der Waals surface area contributed by atoms with Gasteiger partial charge < -0.3 is 0 Å². The first-order valence-corrected chi connectivity index (χ1v) is 9.24. The van der Waals surface area contributed by atoms with E-state index in [0.717, 1.165) is 12.1 Å². The number of hydrogen-bond acceptors (Lipinski definition) is 5. The molecule has 1 N–H and O–H groups in total. The summed E-state index contributed by atoms with van der Waals surface area (Å²) in [5, 5.41) is 0.609. The Bertz CT molecular complexity index is 1080. The highest BCUT2D eigenvalue weighted by Gasteiger charge is 2.19. The molecule has 0 unspecified atom stereocenters. The largest absolute Gasteiger partial charge is 0.288 e. The van der Waals surface area contributed by atoms with Gasteiger partial charge in [0.1, 0.15) is 18.0 Å². The Morgan fingerprint density at radius 3 is 2.74 bits per heavy atom. The van der Waals surface area contributed by atoms with Gasteiger partial charge in [0.15, 0.2) is 5.78 Å². The standard InChI is InChI=1S/C18H15F2N3O3S/c19-14-7-11(2-1-5-23-27(25)26)17(20)15(8-14)18(24)12-3-4-16-13(6-12)9-21-10-22-16/h3-4,6-10,27H,1-2,5H2,(H,23,25,26). The van der Waals surface area contributed by atoms with Crippen LogP contribution in [0.2, 0.25) is 0 Å². The molecule has 3 aromatic rings. The number of ketones is 1. The number of hydrogen-bond donors (Lipinski definition) is 2. The van der Waals surface area contributed by atoms with Gasteiger partial charge >= 0.3 is 0 Å². The van der Waals surface area contributed by atoms with Gasteiger partial charge in [0.25, 0.3) is 0 Å². The Morgan fingerprint density at radius 1 is 1.15 bits per heavy atom. The molecule has 0 aliphatic carbocycles. The normalized spacial score (nSPS) is 11.2. The lowest BCUT2D eigenvalue weighted by atomic mass is 9.97. The van der Waals surface area contributed by atoms with Gasteiger partial charge in [-0.1, -0.05) is 0 Å². The summed E-state index contributed by atoms with van der Waals surface area (Å²) in [5.41, 5.74) is 0.471. The molecule has 0 aliphatic heterocycles. The molecule has 0 amide bonds. The van der Waals surface area contributed by atoms with Crippen molar-refractivity contribution in [3.63, 3.8) is 0 Å². The van der Waals surface area contributed by atoms with Crippen LogP contribution in [0.4, 0.5) is 8.78 Å². The topological polar surface area (TPSA) is 89.0 Å². The molecule has 0 aliphatic rings. The number of nitrogens with zero attached hydrogens (tertiary/aromatic N) is 2. The van der Waals surface area contributed by atoms with Crippen molar-refractivity contribution in [3.8, 4) is 0 Å². The maximum atomic E-state index is 14.7. The number of aryl methyl sites for hydroxylation is 1. The molecule has 0 bridgehead atoms. The number of halogens is 2. The Labute approximate surface area is 155 Å². The summed E-state index contributed by atoms with van der Waals surface area (Å²) in [6.45, 7) is 0.0998. The molecule has 2 aromatic carbocycles. The summed E-state index contributed by atoms with van der Waals surface area (Å²) in [5.74, 6) is -2.20. The zero-order valence-electron chi connectivity index (χ0n) is 14.0. The lowest BCUT2D eigenvalue weighted by Crippen LogP contribution is -2.14. The molecule has 3 rings (SSSR count). The van der Waals surface area contributed by atoms with E-state index in [0.29, 0.717) is 10.9 Å². The molecular formula is C18H15F2N3O3S. The van der Waals surface area contributed by atoms with Crippen LogP contribution in [0.15, 0.2) is 42.9 Å². The Hall–Kier alpha value is -2.78. The summed E-state index contributed by atoms with van der Waals surface area (Å²) < 4.78 is 51.8. The highest BCUT2D eigenvalue weighted by molar-refractivity contribution is 7.70. The number of carbonyl (C=O) groups excluding carboxylic acids is 1. The van der Waals surface area contributed by atoms with E-state index in [9.17, 15) is 22.0 Å². The number of fused-ring (bicyclic) bond motifs is 1. The third-order valence-electron chi connectivity index (χ3n) is 3.99. The van der Waals surface area contributed by atoms with Crippen molar-refractivity contribution >= 4 is 27.6 Å². The van der Waals surface area contributed by atoms with E-state index < -0.39 is 28.3 Å². The van der Waals surface area contributed by atoms with Crippen LogP contribution in [0.25, 0.3) is 10.9 Å². The van der Waals surface area contributed by atoms with Crippen molar-refractivity contribution in [2.75, 3.05) is 6.54 Å². The number of aromatic nitrogens is 2. The van der Waals surface area contributed by atoms with Crippen LogP contribution < -0.4 is 4.72 Å². The van der Waals surface area contributed by atoms with Crippen LogP contribution in [-0.4, -0.2) is 30.7 Å². The van der Waals surface area contributed by atoms with Crippen molar-refractivity contribution in [3.05, 3.63) is 71.2 Å². The summed E-state index contributed by atoms with van der Waals surface area (Å²) in [4.78, 5) is 20.6. The van der Waals surface area contributed by atoms with Gasteiger partial charge in [0, 0.05) is 23.7 Å². The lowest BCUT2D eigenvalue weighted by Gasteiger charge is -2.09. The second kappa shape index (κ2) is 8.28. The zero-order chi connectivity index (χ0) is 19.4. The SMILES string of the molecule is O=C(c1ccc2ncncc2c1)c1cc(F)cc(CCCN[SH](=O)=O)c1F. The minimum atomic E-state index is -2.74. The number of benzene rings is 2. The summed E-state index contributed by atoms with van der Waals surface area (Å²) in [7, 11) is -2.74. The van der Waals surface area contributed by atoms with Gasteiger partial charge in [-0.25, -0.2) is 31.9 Å². The van der Waals surface area contributed by atoms with Crippen molar-refractivity contribution in [2.24, 2.45) is 0 Å². The second-order valence-corrected chi connectivity index (χ2v) is 6.65. The fourth-order valence-corrected chi connectivity index (χ4v) is 3.06. The molecule has 27 heavy (non-hydrogen) atoms. The lowest BCUT2D eigenvalue weighted by molar-refractivity contribution is 0.103. The molecule has 1 aromatic heterocycles. The predicted octanol–water partition coefficient (Wildman–Crippen LogP) is 2.19. The molecule has 0 saturated heterocycles. The number of rotatable bonds is 7. The highest BCUT2D eigenvalue weighted by atomic mass is 32.2. The zero-order valence-corrected chi connectivity index (χ0v) is 14.9. The molecule has 0 spiro atoms. The third kappa shape index (κ3) is 4.50. The Balaban J connectivity index is 1.89. The highest BCUT2D eigenvalue weighted by Crippen LogP contribution is 2.22. The first-order valence-electron chi connectivity index (χ1n) is 8.06. The minimum Gasteiger partial charge on any atom is -0.288 e. The van der Waals surface area contributed by atoms with Crippen molar-refractivity contribution < 1.29 is 22.0 Å². The van der Waals surface area contributed by atoms with E-state index in [1.165, 1.54) is 24.7 Å². The van der Waals surface area contributed by atoms with Gasteiger partial charge in [0.2, 0.25) is 10.9 Å².